The monoisotopic (exact) mass is 169 g/mol. The van der Waals surface area contributed by atoms with Gasteiger partial charge in [-0.15, -0.1) is 0 Å². The van der Waals surface area contributed by atoms with E-state index >= 15 is 0 Å². The summed E-state index contributed by atoms with van der Waals surface area (Å²) in [6.45, 7) is 3.86. The first-order valence-electron chi connectivity index (χ1n) is 3.48. The summed E-state index contributed by atoms with van der Waals surface area (Å²) in [5, 5.41) is 15.2. The minimum Gasteiger partial charge on any atom is -0.409 e. The lowest BCUT2D eigenvalue weighted by atomic mass is 10.6. The molecule has 0 unspecified atom stereocenters. The molecule has 1 aromatic rings. The number of nitrogens with two attached hydrogens (primary N) is 1. The highest BCUT2D eigenvalue weighted by Crippen LogP contribution is 1.94. The Hall–Kier alpha value is -1.59. The van der Waals surface area contributed by atoms with E-state index in [0.29, 0.717) is 5.82 Å². The fourth-order valence-corrected chi connectivity index (χ4v) is 0.896. The predicted molar refractivity (Wildman–Crippen MR) is 42.9 cm³/mol. The minimum absolute atomic E-state index is 0.114. The van der Waals surface area contributed by atoms with Gasteiger partial charge in [0, 0.05) is 0 Å². The van der Waals surface area contributed by atoms with E-state index in [1.807, 2.05) is 6.92 Å². The number of aryl methyl sites for hydroxylation is 2. The van der Waals surface area contributed by atoms with E-state index in [2.05, 4.69) is 15.2 Å². The lowest BCUT2D eigenvalue weighted by Gasteiger charge is -1.99. The van der Waals surface area contributed by atoms with Crippen molar-refractivity contribution in [1.82, 2.24) is 14.8 Å². The van der Waals surface area contributed by atoms with Gasteiger partial charge < -0.3 is 10.9 Å². The zero-order valence-electron chi connectivity index (χ0n) is 7.02. The van der Waals surface area contributed by atoms with Crippen molar-refractivity contribution in [1.29, 1.82) is 0 Å². The van der Waals surface area contributed by atoms with Crippen LogP contribution in [-0.2, 0) is 6.54 Å². The number of hydrogen-bond acceptors (Lipinski definition) is 4. The topological polar surface area (TPSA) is 89.3 Å². The van der Waals surface area contributed by atoms with Crippen LogP contribution >= 0.6 is 0 Å². The van der Waals surface area contributed by atoms with Gasteiger partial charge in [0.1, 0.15) is 18.2 Å². The number of rotatable bonds is 2. The Morgan fingerprint density at radius 1 is 1.67 bits per heavy atom. The number of hydrogen-bond donors (Lipinski definition) is 2. The molecule has 0 fully saturated rings. The molecule has 0 aromatic carbocycles. The molecular formula is C6H11N5O. The molecule has 0 aliphatic rings. The molecule has 0 atom stereocenters. The van der Waals surface area contributed by atoms with Crippen LogP contribution in [0.1, 0.15) is 11.6 Å². The Labute approximate surface area is 69.7 Å². The highest BCUT2D eigenvalue weighted by atomic mass is 16.4. The molecular weight excluding hydrogens is 158 g/mol. The molecule has 0 aliphatic carbocycles. The van der Waals surface area contributed by atoms with Crippen LogP contribution in [0.3, 0.4) is 0 Å². The fraction of sp³-hybridized carbons (Fsp3) is 0.500. The first kappa shape index (κ1) is 8.51. The molecule has 66 valence electrons. The SMILES string of the molecule is Cc1nc(C)n(CC(N)=NO)n1. The van der Waals surface area contributed by atoms with Crippen LogP contribution in [0.25, 0.3) is 0 Å². The molecule has 0 spiro atoms. The zero-order chi connectivity index (χ0) is 9.14. The van der Waals surface area contributed by atoms with E-state index < -0.39 is 0 Å². The molecule has 1 aromatic heterocycles. The third-order valence-corrected chi connectivity index (χ3v) is 1.40. The summed E-state index contributed by atoms with van der Waals surface area (Å²) in [5.41, 5.74) is 5.29. The molecule has 1 rings (SSSR count). The van der Waals surface area contributed by atoms with E-state index in [1.165, 1.54) is 0 Å². The number of aromatic nitrogens is 3. The molecule has 0 saturated carbocycles. The third-order valence-electron chi connectivity index (χ3n) is 1.40. The van der Waals surface area contributed by atoms with E-state index in [0.717, 1.165) is 5.82 Å². The standard InChI is InChI=1S/C6H11N5O/c1-4-8-5(2)11(9-4)3-6(7)10-12/h12H,3H2,1-2H3,(H2,7,10). The summed E-state index contributed by atoms with van der Waals surface area (Å²) >= 11 is 0. The van der Waals surface area contributed by atoms with Gasteiger partial charge in [0.05, 0.1) is 0 Å². The summed E-state index contributed by atoms with van der Waals surface area (Å²) < 4.78 is 1.57. The first-order valence-corrected chi connectivity index (χ1v) is 3.48. The second-order valence-corrected chi connectivity index (χ2v) is 2.46. The van der Waals surface area contributed by atoms with Crippen LogP contribution in [-0.4, -0.2) is 25.8 Å². The van der Waals surface area contributed by atoms with Crippen molar-refractivity contribution in [2.75, 3.05) is 0 Å². The minimum atomic E-state index is 0.114. The van der Waals surface area contributed by atoms with Crippen molar-refractivity contribution in [3.63, 3.8) is 0 Å². The van der Waals surface area contributed by atoms with Gasteiger partial charge in [0.25, 0.3) is 0 Å². The van der Waals surface area contributed by atoms with Crippen molar-refractivity contribution in [2.24, 2.45) is 10.9 Å². The van der Waals surface area contributed by atoms with Gasteiger partial charge in [-0.3, -0.25) is 0 Å². The van der Waals surface area contributed by atoms with Crippen LogP contribution in [0.15, 0.2) is 5.16 Å². The maximum absolute atomic E-state index is 8.30. The van der Waals surface area contributed by atoms with Gasteiger partial charge >= 0.3 is 0 Å². The Morgan fingerprint density at radius 3 is 2.75 bits per heavy atom. The lowest BCUT2D eigenvalue weighted by Crippen LogP contribution is -2.21. The van der Waals surface area contributed by atoms with E-state index in [1.54, 1.807) is 11.6 Å². The molecule has 12 heavy (non-hydrogen) atoms. The Bertz CT molecular complexity index is 303. The smallest absolute Gasteiger partial charge is 0.161 e. The number of nitrogens with zero attached hydrogens (tertiary/aromatic N) is 4. The van der Waals surface area contributed by atoms with Crippen molar-refractivity contribution >= 4 is 5.84 Å². The summed E-state index contributed by atoms with van der Waals surface area (Å²) in [7, 11) is 0. The van der Waals surface area contributed by atoms with Gasteiger partial charge in [0.15, 0.2) is 5.84 Å². The fourth-order valence-electron chi connectivity index (χ4n) is 0.896. The van der Waals surface area contributed by atoms with Crippen molar-refractivity contribution in [2.45, 2.75) is 20.4 Å². The third kappa shape index (κ3) is 1.71. The first-order chi connectivity index (χ1) is 5.63. The highest BCUT2D eigenvalue weighted by molar-refractivity contribution is 5.79. The maximum atomic E-state index is 8.30. The molecule has 6 heteroatoms. The van der Waals surface area contributed by atoms with E-state index in [4.69, 9.17) is 10.9 Å². The normalized spacial score (nSPS) is 12.0. The van der Waals surface area contributed by atoms with Crippen molar-refractivity contribution in [3.8, 4) is 0 Å². The van der Waals surface area contributed by atoms with Gasteiger partial charge in [-0.25, -0.2) is 9.67 Å². The van der Waals surface area contributed by atoms with E-state index in [-0.39, 0.29) is 12.4 Å². The van der Waals surface area contributed by atoms with E-state index in [9.17, 15) is 0 Å². The molecule has 0 amide bonds. The second kappa shape index (κ2) is 3.21. The molecule has 0 bridgehead atoms. The maximum Gasteiger partial charge on any atom is 0.161 e. The molecule has 0 saturated heterocycles. The average molecular weight is 169 g/mol. The molecule has 0 aliphatic heterocycles. The van der Waals surface area contributed by atoms with Gasteiger partial charge in [-0.05, 0) is 13.8 Å². The number of amidine groups is 1. The summed E-state index contributed by atoms with van der Waals surface area (Å²) in [5.74, 6) is 1.54. The lowest BCUT2D eigenvalue weighted by molar-refractivity contribution is 0.316. The van der Waals surface area contributed by atoms with Crippen LogP contribution in [0, 0.1) is 13.8 Å². The number of oxime groups is 1. The van der Waals surface area contributed by atoms with Crippen LogP contribution in [0.4, 0.5) is 0 Å². The summed E-state index contributed by atoms with van der Waals surface area (Å²) in [4.78, 5) is 4.06. The van der Waals surface area contributed by atoms with Crippen LogP contribution in [0.2, 0.25) is 0 Å². The zero-order valence-corrected chi connectivity index (χ0v) is 7.02. The highest BCUT2D eigenvalue weighted by Gasteiger charge is 2.03. The average Bonchev–Trinajstić information content (AvgIpc) is 2.30. The predicted octanol–water partition coefficient (Wildman–Crippen LogP) is -0.359. The van der Waals surface area contributed by atoms with Crippen LogP contribution in [0.5, 0.6) is 0 Å². The molecule has 0 radical (unpaired) electrons. The summed E-state index contributed by atoms with van der Waals surface area (Å²) in [6, 6.07) is 0. The second-order valence-electron chi connectivity index (χ2n) is 2.46. The molecule has 1 heterocycles. The Kier molecular flexibility index (Phi) is 2.27. The Balaban J connectivity index is 2.82. The van der Waals surface area contributed by atoms with Crippen molar-refractivity contribution in [3.05, 3.63) is 11.6 Å². The summed E-state index contributed by atoms with van der Waals surface area (Å²) in [6.07, 6.45) is 0. The van der Waals surface area contributed by atoms with Gasteiger partial charge in [0.2, 0.25) is 0 Å². The largest absolute Gasteiger partial charge is 0.409 e. The van der Waals surface area contributed by atoms with Gasteiger partial charge in [-0.2, -0.15) is 5.10 Å². The quantitative estimate of drug-likeness (QED) is 0.274. The molecule has 6 nitrogen and oxygen atoms in total. The molecule has 3 N–H and O–H groups in total. The Morgan fingerprint density at radius 2 is 2.33 bits per heavy atom. The van der Waals surface area contributed by atoms with Gasteiger partial charge in [-0.1, -0.05) is 5.16 Å². The van der Waals surface area contributed by atoms with Crippen LogP contribution < -0.4 is 5.73 Å². The van der Waals surface area contributed by atoms with Crippen molar-refractivity contribution < 1.29 is 5.21 Å².